The largest absolute Gasteiger partial charge is 0.491 e. The van der Waals surface area contributed by atoms with Crippen LogP contribution in [0.4, 0.5) is 4.79 Å². The second-order valence-electron chi connectivity index (χ2n) is 13.2. The molecule has 1 rings (SSSR count). The third-order valence-electron chi connectivity index (χ3n) is 6.82. The van der Waals surface area contributed by atoms with Gasteiger partial charge in [0.25, 0.3) is 0 Å². The van der Waals surface area contributed by atoms with Crippen LogP contribution >= 0.6 is 11.8 Å². The molecule has 0 radical (unpaired) electrons. The average molecular weight is 584 g/mol. The fourth-order valence-electron chi connectivity index (χ4n) is 4.48. The summed E-state index contributed by atoms with van der Waals surface area (Å²) in [6.45, 7) is 17.6. The molecule has 1 aromatic carbocycles. The quantitative estimate of drug-likeness (QED) is 0.209. The fraction of sp³-hybridized carbons (Fsp3) is 0.742. The van der Waals surface area contributed by atoms with E-state index in [0.717, 1.165) is 16.9 Å². The van der Waals surface area contributed by atoms with Gasteiger partial charge in [0, 0.05) is 5.75 Å². The highest BCUT2D eigenvalue weighted by molar-refractivity contribution is 7.98. The number of carboxylic acids is 1. The van der Waals surface area contributed by atoms with E-state index in [9.17, 15) is 24.9 Å². The molecule has 1 amide bonds. The Labute approximate surface area is 245 Å². The first-order chi connectivity index (χ1) is 18.3. The number of aliphatic hydroxyl groups is 2. The Bertz CT molecular complexity index is 939. The van der Waals surface area contributed by atoms with Crippen molar-refractivity contribution in [3.63, 3.8) is 0 Å². The number of thioether (sulfide) groups is 1. The Morgan fingerprint density at radius 2 is 1.65 bits per heavy atom. The van der Waals surface area contributed by atoms with Gasteiger partial charge in [-0.3, -0.25) is 4.79 Å². The number of benzene rings is 1. The summed E-state index contributed by atoms with van der Waals surface area (Å²) in [5.74, 6) is -0.153. The number of aliphatic hydroxyl groups excluding tert-OH is 2. The molecule has 0 saturated carbocycles. The van der Waals surface area contributed by atoms with Gasteiger partial charge in [0.15, 0.2) is 0 Å². The Hall–Kier alpha value is -1.97. The Balaban J connectivity index is 3.25. The smallest absolute Gasteiger partial charge is 0.407 e. The number of carbonyl (C=O) groups is 2. The molecule has 0 heterocycles. The summed E-state index contributed by atoms with van der Waals surface area (Å²) in [4.78, 5) is 24.1. The van der Waals surface area contributed by atoms with Gasteiger partial charge in [0.05, 0.1) is 24.2 Å². The molecule has 230 valence electrons. The molecular weight excluding hydrogens is 530 g/mol. The Morgan fingerprint density at radius 1 is 1.02 bits per heavy atom. The predicted octanol–water partition coefficient (Wildman–Crippen LogP) is 5.66. The number of alkyl carbamates (subject to hydrolysis) is 1. The fourth-order valence-corrected chi connectivity index (χ4v) is 4.96. The summed E-state index contributed by atoms with van der Waals surface area (Å²) >= 11 is 1.57. The zero-order valence-corrected chi connectivity index (χ0v) is 26.9. The first-order valence-corrected chi connectivity index (χ1v) is 15.6. The van der Waals surface area contributed by atoms with Gasteiger partial charge in [0.2, 0.25) is 0 Å². The molecule has 8 nitrogen and oxygen atoms in total. The van der Waals surface area contributed by atoms with Crippen LogP contribution in [0.5, 0.6) is 5.75 Å². The number of amides is 1. The van der Waals surface area contributed by atoms with Gasteiger partial charge in [-0.25, -0.2) is 4.79 Å². The lowest BCUT2D eigenvalue weighted by atomic mass is 9.80. The van der Waals surface area contributed by atoms with Crippen molar-refractivity contribution < 1.29 is 34.4 Å². The number of carbonyl (C=O) groups excluding carboxylic acids is 1. The minimum atomic E-state index is -1.06. The van der Waals surface area contributed by atoms with Crippen LogP contribution in [0.1, 0.15) is 86.3 Å². The maximum absolute atomic E-state index is 12.7. The number of nitrogens with one attached hydrogen (secondary N) is 1. The summed E-state index contributed by atoms with van der Waals surface area (Å²) in [6, 6.07) is 5.50. The molecule has 0 aromatic heterocycles. The summed E-state index contributed by atoms with van der Waals surface area (Å²) in [6.07, 6.45) is 0.797. The van der Waals surface area contributed by atoms with Crippen LogP contribution in [-0.4, -0.2) is 69.8 Å². The van der Waals surface area contributed by atoms with Crippen LogP contribution in [0.3, 0.4) is 0 Å². The minimum Gasteiger partial charge on any atom is -0.491 e. The lowest BCUT2D eigenvalue weighted by molar-refractivity contribution is -0.142. The van der Waals surface area contributed by atoms with Crippen molar-refractivity contribution in [2.24, 2.45) is 17.8 Å². The average Bonchev–Trinajstić information content (AvgIpc) is 2.79. The van der Waals surface area contributed by atoms with Crippen LogP contribution in [0.2, 0.25) is 0 Å². The monoisotopic (exact) mass is 583 g/mol. The standard InChI is InChI=1S/C31H53NO7S/c1-19(2)22(16-25(26(34)13-20(3)28(35)36)32-29(37)39-31(7,8)9)14-21-11-12-24(30(4,5)6)27(15-21)38-17-23(33)18-40-10/h11-12,15,19-20,22-23,25-26,33-34H,13-14,16-18H2,1-10H3,(H,32,37)(H,35,36)/t20-,22+,23+,25+,26+/m1/s1. The number of hydrogen-bond acceptors (Lipinski definition) is 7. The molecule has 0 spiro atoms. The Morgan fingerprint density at radius 3 is 2.15 bits per heavy atom. The maximum Gasteiger partial charge on any atom is 0.407 e. The van der Waals surface area contributed by atoms with Crippen LogP contribution in [-0.2, 0) is 21.4 Å². The van der Waals surface area contributed by atoms with Crippen LogP contribution in [0.25, 0.3) is 0 Å². The van der Waals surface area contributed by atoms with Crippen molar-refractivity contribution in [1.82, 2.24) is 5.32 Å². The molecule has 4 N–H and O–H groups in total. The maximum atomic E-state index is 12.7. The SMILES string of the molecule is CSC[C@@H](O)COc1cc(C[C@@H](C[C@H](NC(=O)OC(C)(C)C)[C@@H](O)C[C@@H](C)C(=O)O)C(C)C)ccc1C(C)(C)C. The third kappa shape index (κ3) is 13.1. The van der Waals surface area contributed by atoms with Crippen molar-refractivity contribution in [1.29, 1.82) is 0 Å². The van der Waals surface area contributed by atoms with Crippen molar-refractivity contribution in [2.75, 3.05) is 18.6 Å². The molecule has 5 atom stereocenters. The van der Waals surface area contributed by atoms with Gasteiger partial charge in [-0.05, 0) is 80.7 Å². The first kappa shape index (κ1) is 36.1. The van der Waals surface area contributed by atoms with Crippen molar-refractivity contribution in [3.05, 3.63) is 29.3 Å². The molecule has 0 aliphatic carbocycles. The molecule has 40 heavy (non-hydrogen) atoms. The summed E-state index contributed by atoms with van der Waals surface area (Å²) in [5, 5.41) is 33.4. The van der Waals surface area contributed by atoms with Crippen LogP contribution in [0, 0.1) is 17.8 Å². The van der Waals surface area contributed by atoms with Crippen molar-refractivity contribution in [2.45, 2.75) is 111 Å². The van der Waals surface area contributed by atoms with Gasteiger partial charge < -0.3 is 30.1 Å². The number of hydrogen-bond donors (Lipinski definition) is 4. The van der Waals surface area contributed by atoms with E-state index in [-0.39, 0.29) is 30.3 Å². The molecule has 1 aromatic rings. The molecule has 0 unspecified atom stereocenters. The third-order valence-corrected chi connectivity index (χ3v) is 7.54. The molecule has 0 aliphatic rings. The van der Waals surface area contributed by atoms with Crippen molar-refractivity contribution in [3.8, 4) is 5.75 Å². The van der Waals surface area contributed by atoms with E-state index in [0.29, 0.717) is 18.6 Å². The van der Waals surface area contributed by atoms with Crippen molar-refractivity contribution >= 4 is 23.8 Å². The van der Waals surface area contributed by atoms with Gasteiger partial charge >= 0.3 is 12.1 Å². The van der Waals surface area contributed by atoms with Gasteiger partial charge in [0.1, 0.15) is 18.0 Å². The lowest BCUT2D eigenvalue weighted by Crippen LogP contribution is -2.47. The van der Waals surface area contributed by atoms with E-state index < -0.39 is 41.8 Å². The topological polar surface area (TPSA) is 125 Å². The highest BCUT2D eigenvalue weighted by atomic mass is 32.2. The first-order valence-electron chi connectivity index (χ1n) is 14.2. The van der Waals surface area contributed by atoms with E-state index in [4.69, 9.17) is 9.47 Å². The van der Waals surface area contributed by atoms with Crippen LogP contribution < -0.4 is 10.1 Å². The van der Waals surface area contributed by atoms with Gasteiger partial charge in [-0.2, -0.15) is 11.8 Å². The molecule has 0 bridgehead atoms. The highest BCUT2D eigenvalue weighted by Crippen LogP contribution is 2.34. The zero-order chi connectivity index (χ0) is 30.8. The number of aliphatic carboxylic acids is 1. The molecule has 0 fully saturated rings. The van der Waals surface area contributed by atoms with E-state index >= 15 is 0 Å². The second-order valence-corrected chi connectivity index (χ2v) is 14.2. The minimum absolute atomic E-state index is 0.0112. The van der Waals surface area contributed by atoms with E-state index in [1.807, 2.05) is 12.3 Å². The normalized spacial score (nSPS) is 16.1. The molecule has 9 heteroatoms. The zero-order valence-electron chi connectivity index (χ0n) is 26.1. The van der Waals surface area contributed by atoms with Gasteiger partial charge in [-0.1, -0.05) is 53.7 Å². The summed E-state index contributed by atoms with van der Waals surface area (Å²) in [5.41, 5.74) is 1.24. The second kappa shape index (κ2) is 15.9. The van der Waals surface area contributed by atoms with E-state index in [1.165, 1.54) is 0 Å². The Kier molecular flexibility index (Phi) is 14.3. The summed E-state index contributed by atoms with van der Waals surface area (Å²) < 4.78 is 11.6. The summed E-state index contributed by atoms with van der Waals surface area (Å²) in [7, 11) is 0. The number of carboxylic acid groups (broad SMARTS) is 1. The lowest BCUT2D eigenvalue weighted by Gasteiger charge is -2.32. The molecule has 0 saturated heterocycles. The highest BCUT2D eigenvalue weighted by Gasteiger charge is 2.31. The molecular formula is C31H53NO7S. The number of ether oxygens (including phenoxy) is 2. The van der Waals surface area contributed by atoms with E-state index in [2.05, 4.69) is 52.1 Å². The van der Waals surface area contributed by atoms with E-state index in [1.54, 1.807) is 39.5 Å². The predicted molar refractivity (Wildman–Crippen MR) is 162 cm³/mol. The van der Waals surface area contributed by atoms with Crippen LogP contribution in [0.15, 0.2) is 18.2 Å². The molecule has 0 aliphatic heterocycles. The van der Waals surface area contributed by atoms with Gasteiger partial charge in [-0.15, -0.1) is 0 Å². The number of rotatable bonds is 15.